The highest BCUT2D eigenvalue weighted by Gasteiger charge is 2.47. The van der Waals surface area contributed by atoms with Crippen LogP contribution in [0.2, 0.25) is 0 Å². The average molecular weight is 570 g/mol. The van der Waals surface area contributed by atoms with Gasteiger partial charge < -0.3 is 39.3 Å². The third-order valence-corrected chi connectivity index (χ3v) is 7.95. The van der Waals surface area contributed by atoms with Gasteiger partial charge in [-0.3, -0.25) is 23.7 Å². The Kier molecular flexibility index (Phi) is 9.52. The molecule has 0 bridgehead atoms. The lowest BCUT2D eigenvalue weighted by Crippen LogP contribution is -2.38. The molecule has 1 saturated heterocycles. The number of carbonyl (C=O) groups excluding carboxylic acids is 1. The van der Waals surface area contributed by atoms with Crippen molar-refractivity contribution < 1.29 is 70.9 Å². The molecular formula is C13H21N2O17P3. The lowest BCUT2D eigenvalue weighted by molar-refractivity contribution is -0.120. The number of hydrogen-bond donors (Lipinski definition) is 7. The molecule has 0 amide bonds. The molecule has 1 aromatic heterocycles. The molecule has 200 valence electrons. The Balaban J connectivity index is 2.14. The standard InChI is InChI=1S/C13H21N2O17P3/c1-2-6(16)4-28-7-3-15(13(20)14-11(7)19)12-10(18)9(17)8(30-12)5-29-34(24,25)32-35(26,27)31-33(21,22)23/h3,8-10,12,17-18H,2,4-5H2,1H3,(H,24,25)(H,26,27)(H,14,19,20)(H2,21,22,23)/t8-,9?,10+,12-/m1/s1. The number of aromatic nitrogens is 2. The lowest BCUT2D eigenvalue weighted by Gasteiger charge is -2.19. The molecule has 0 radical (unpaired) electrons. The van der Waals surface area contributed by atoms with E-state index in [1.807, 2.05) is 4.98 Å². The highest BCUT2D eigenvalue weighted by molar-refractivity contribution is 7.66. The maximum Gasteiger partial charge on any atom is 0.490 e. The Morgan fingerprint density at radius 1 is 1.09 bits per heavy atom. The van der Waals surface area contributed by atoms with Crippen LogP contribution in [0.1, 0.15) is 19.6 Å². The maximum absolute atomic E-state index is 12.2. The molecule has 1 aromatic rings. The summed E-state index contributed by atoms with van der Waals surface area (Å²) in [4.78, 5) is 72.9. The van der Waals surface area contributed by atoms with Crippen molar-refractivity contribution in [1.29, 1.82) is 0 Å². The van der Waals surface area contributed by atoms with Crippen LogP contribution < -0.4 is 16.0 Å². The van der Waals surface area contributed by atoms with Crippen molar-refractivity contribution >= 4 is 29.3 Å². The van der Waals surface area contributed by atoms with Crippen LogP contribution in [0.25, 0.3) is 0 Å². The quantitative estimate of drug-likeness (QED) is 0.132. The van der Waals surface area contributed by atoms with Gasteiger partial charge in [-0.1, -0.05) is 6.92 Å². The first-order chi connectivity index (χ1) is 15.9. The van der Waals surface area contributed by atoms with E-state index in [9.17, 15) is 43.2 Å². The van der Waals surface area contributed by atoms with Crippen molar-refractivity contribution in [2.75, 3.05) is 13.2 Å². The van der Waals surface area contributed by atoms with Gasteiger partial charge >= 0.3 is 29.2 Å². The number of nitrogens with zero attached hydrogens (tertiary/aromatic N) is 1. The summed E-state index contributed by atoms with van der Waals surface area (Å²) in [6.45, 7) is -0.0778. The zero-order valence-electron chi connectivity index (χ0n) is 17.5. The molecule has 0 aliphatic carbocycles. The molecule has 3 unspecified atom stereocenters. The second-order valence-corrected chi connectivity index (χ2v) is 11.2. The van der Waals surface area contributed by atoms with Crippen molar-refractivity contribution in [3.8, 4) is 5.75 Å². The van der Waals surface area contributed by atoms with Gasteiger partial charge in [0, 0.05) is 6.42 Å². The summed E-state index contributed by atoms with van der Waals surface area (Å²) in [6, 6.07) is 0. The van der Waals surface area contributed by atoms with Gasteiger partial charge in [0.2, 0.25) is 5.75 Å². The fraction of sp³-hybridized carbons (Fsp3) is 0.615. The molecule has 19 nitrogen and oxygen atoms in total. The number of aliphatic hydroxyl groups is 2. The second kappa shape index (κ2) is 11.2. The van der Waals surface area contributed by atoms with Gasteiger partial charge in [-0.2, -0.15) is 8.62 Å². The number of phosphoric ester groups is 1. The number of rotatable bonds is 12. The normalized spacial score (nSPS) is 26.1. The van der Waals surface area contributed by atoms with Crippen LogP contribution >= 0.6 is 23.5 Å². The third kappa shape index (κ3) is 8.51. The molecule has 7 N–H and O–H groups in total. The van der Waals surface area contributed by atoms with Gasteiger partial charge in [-0.15, -0.1) is 0 Å². The third-order valence-electron chi connectivity index (χ3n) is 4.15. The number of carbonyl (C=O) groups is 1. The molecule has 6 atom stereocenters. The summed E-state index contributed by atoms with van der Waals surface area (Å²) in [5.74, 6) is -0.880. The van der Waals surface area contributed by atoms with E-state index in [-0.39, 0.29) is 12.2 Å². The van der Waals surface area contributed by atoms with E-state index in [1.54, 1.807) is 6.92 Å². The van der Waals surface area contributed by atoms with Crippen LogP contribution in [-0.4, -0.2) is 76.6 Å². The monoisotopic (exact) mass is 570 g/mol. The first kappa shape index (κ1) is 29.7. The van der Waals surface area contributed by atoms with Crippen LogP contribution in [0.3, 0.4) is 0 Å². The van der Waals surface area contributed by atoms with Gasteiger partial charge in [0.05, 0.1) is 12.8 Å². The van der Waals surface area contributed by atoms with Crippen molar-refractivity contribution in [2.45, 2.75) is 37.9 Å². The van der Waals surface area contributed by atoms with E-state index in [4.69, 9.17) is 24.2 Å². The zero-order valence-corrected chi connectivity index (χ0v) is 20.2. The average Bonchev–Trinajstić information content (AvgIpc) is 2.97. The molecule has 1 aliphatic rings. The molecular weight excluding hydrogens is 549 g/mol. The largest absolute Gasteiger partial charge is 0.490 e. The van der Waals surface area contributed by atoms with Crippen LogP contribution in [0.15, 0.2) is 15.8 Å². The summed E-state index contributed by atoms with van der Waals surface area (Å²) in [5.41, 5.74) is -2.14. The summed E-state index contributed by atoms with van der Waals surface area (Å²) >= 11 is 0. The fourth-order valence-electron chi connectivity index (χ4n) is 2.59. The number of nitrogens with one attached hydrogen (secondary N) is 1. The Bertz CT molecular complexity index is 1190. The van der Waals surface area contributed by atoms with Gasteiger partial charge in [-0.05, 0) is 0 Å². The van der Waals surface area contributed by atoms with E-state index in [0.717, 1.165) is 6.20 Å². The maximum atomic E-state index is 12.2. The Hall–Kier alpha value is -1.56. The Morgan fingerprint density at radius 2 is 1.71 bits per heavy atom. The molecule has 35 heavy (non-hydrogen) atoms. The fourth-order valence-corrected chi connectivity index (χ4v) is 5.62. The van der Waals surface area contributed by atoms with E-state index < -0.39 is 78.2 Å². The van der Waals surface area contributed by atoms with Gasteiger partial charge in [0.25, 0.3) is 5.56 Å². The first-order valence-corrected chi connectivity index (χ1v) is 13.8. The highest BCUT2D eigenvalue weighted by Crippen LogP contribution is 2.66. The van der Waals surface area contributed by atoms with Gasteiger partial charge in [-0.25, -0.2) is 18.5 Å². The highest BCUT2D eigenvalue weighted by atomic mass is 31.3. The van der Waals surface area contributed by atoms with Crippen molar-refractivity contribution in [3.63, 3.8) is 0 Å². The number of aromatic amines is 1. The topological polar surface area (TPSA) is 291 Å². The SMILES string of the molecule is CCC(=O)COc1cn([C@@H]2O[C@H](COP(=O)(O)OP(=O)(O)OP(=O)(O)O)C(O)[C@@H]2O)c(=O)[nH]c1=O. The smallest absolute Gasteiger partial charge is 0.479 e. The molecule has 1 fully saturated rings. The van der Waals surface area contributed by atoms with E-state index in [0.29, 0.717) is 4.57 Å². The lowest BCUT2D eigenvalue weighted by atomic mass is 10.1. The van der Waals surface area contributed by atoms with Crippen LogP contribution in [0.4, 0.5) is 0 Å². The van der Waals surface area contributed by atoms with Crippen LogP contribution in [-0.2, 0) is 36.4 Å². The molecule has 2 heterocycles. The molecule has 22 heteroatoms. The van der Waals surface area contributed by atoms with Crippen LogP contribution in [0, 0.1) is 0 Å². The number of ketones is 1. The van der Waals surface area contributed by atoms with E-state index in [2.05, 4.69) is 13.1 Å². The number of hydrogen-bond acceptors (Lipinski definition) is 13. The molecule has 1 aliphatic heterocycles. The summed E-state index contributed by atoms with van der Waals surface area (Å²) in [7, 11) is -17.0. The Labute approximate surface area is 194 Å². The zero-order chi connectivity index (χ0) is 26.8. The summed E-state index contributed by atoms with van der Waals surface area (Å²) < 4.78 is 56.0. The van der Waals surface area contributed by atoms with E-state index in [1.165, 1.54) is 0 Å². The Morgan fingerprint density at radius 3 is 2.29 bits per heavy atom. The van der Waals surface area contributed by atoms with E-state index >= 15 is 0 Å². The number of Topliss-reactive ketones (excluding diaryl/α,β-unsaturated/α-hetero) is 1. The number of H-pyrrole nitrogens is 1. The second-order valence-electron chi connectivity index (χ2n) is 6.77. The molecule has 0 saturated carbocycles. The summed E-state index contributed by atoms with van der Waals surface area (Å²) in [6.07, 6.45) is -6.28. The minimum atomic E-state index is -5.79. The number of ether oxygens (including phenoxy) is 2. The van der Waals surface area contributed by atoms with Gasteiger partial charge in [0.15, 0.2) is 12.0 Å². The number of phosphoric acid groups is 3. The molecule has 0 aromatic carbocycles. The number of aliphatic hydroxyl groups excluding tert-OH is 2. The van der Waals surface area contributed by atoms with Gasteiger partial charge in [0.1, 0.15) is 24.9 Å². The molecule has 2 rings (SSSR count). The predicted molar refractivity (Wildman–Crippen MR) is 108 cm³/mol. The molecule has 0 spiro atoms. The first-order valence-electron chi connectivity index (χ1n) is 9.24. The van der Waals surface area contributed by atoms with Crippen molar-refractivity contribution in [1.82, 2.24) is 9.55 Å². The minimum Gasteiger partial charge on any atom is -0.479 e. The predicted octanol–water partition coefficient (Wildman–Crippen LogP) is -2.14. The van der Waals surface area contributed by atoms with Crippen molar-refractivity contribution in [3.05, 3.63) is 27.0 Å². The summed E-state index contributed by atoms with van der Waals surface area (Å²) in [5, 5.41) is 20.4. The van der Waals surface area contributed by atoms with Crippen molar-refractivity contribution in [2.24, 2.45) is 0 Å². The van der Waals surface area contributed by atoms with Crippen LogP contribution in [0.5, 0.6) is 5.75 Å². The minimum absolute atomic E-state index is 0.103.